The number of likely N-dealkylation sites (N-methyl/N-ethyl adjacent to an activating group) is 1. The van der Waals surface area contributed by atoms with E-state index in [-0.39, 0.29) is 0 Å². The number of hydrogen-bond donors (Lipinski definition) is 1. The Hall–Kier alpha value is -0.120. The molecule has 0 saturated carbocycles. The minimum Gasteiger partial charge on any atom is -0.380 e. The molecule has 0 radical (unpaired) electrons. The summed E-state index contributed by atoms with van der Waals surface area (Å²) in [5, 5.41) is 3.42. The lowest BCUT2D eigenvalue weighted by atomic mass is 10.2. The summed E-state index contributed by atoms with van der Waals surface area (Å²) in [4.78, 5) is 2.15. The molecule has 16 heavy (non-hydrogen) atoms. The molecule has 0 atom stereocenters. The Morgan fingerprint density at radius 3 is 2.38 bits per heavy atom. The summed E-state index contributed by atoms with van der Waals surface area (Å²) in [5.74, 6) is 0. The van der Waals surface area contributed by atoms with Crippen molar-refractivity contribution in [3.8, 4) is 0 Å². The fraction of sp³-hybridized carbons (Fsp3) is 1.00. The van der Waals surface area contributed by atoms with Crippen molar-refractivity contribution in [3.05, 3.63) is 0 Å². The highest BCUT2D eigenvalue weighted by Gasteiger charge is 1.92. The van der Waals surface area contributed by atoms with Gasteiger partial charge in [0.15, 0.2) is 0 Å². The molecule has 3 heteroatoms. The van der Waals surface area contributed by atoms with Gasteiger partial charge >= 0.3 is 0 Å². The number of rotatable bonds is 12. The topological polar surface area (TPSA) is 24.5 Å². The van der Waals surface area contributed by atoms with Crippen LogP contribution in [0.25, 0.3) is 0 Å². The second-order valence-corrected chi connectivity index (χ2v) is 4.58. The molecule has 0 bridgehead atoms. The number of nitrogens with zero attached hydrogens (tertiary/aromatic N) is 1. The van der Waals surface area contributed by atoms with Gasteiger partial charge in [-0.2, -0.15) is 0 Å². The van der Waals surface area contributed by atoms with E-state index >= 15 is 0 Å². The van der Waals surface area contributed by atoms with E-state index in [9.17, 15) is 0 Å². The number of ether oxygens (including phenoxy) is 1. The van der Waals surface area contributed by atoms with Crippen LogP contribution >= 0.6 is 0 Å². The lowest BCUT2D eigenvalue weighted by molar-refractivity contribution is 0.114. The van der Waals surface area contributed by atoms with Crippen molar-refractivity contribution >= 4 is 0 Å². The summed E-state index contributed by atoms with van der Waals surface area (Å²) in [6.07, 6.45) is 6.38. The molecule has 3 nitrogen and oxygen atoms in total. The Bertz CT molecular complexity index is 129. The third-order valence-electron chi connectivity index (χ3n) is 2.50. The van der Waals surface area contributed by atoms with Gasteiger partial charge in [-0.1, -0.05) is 19.8 Å². The number of hydrogen-bond acceptors (Lipinski definition) is 3. The molecule has 1 N–H and O–H groups in total. The van der Waals surface area contributed by atoms with E-state index in [1.807, 2.05) is 0 Å². The zero-order chi connectivity index (χ0) is 12.1. The highest BCUT2D eigenvalue weighted by atomic mass is 16.5. The van der Waals surface area contributed by atoms with Gasteiger partial charge < -0.3 is 15.0 Å². The lowest BCUT2D eigenvalue weighted by Crippen LogP contribution is -2.18. The van der Waals surface area contributed by atoms with Crippen LogP contribution in [0.3, 0.4) is 0 Å². The molecule has 0 aromatic heterocycles. The number of unbranched alkanes of at least 4 members (excludes halogenated alkanes) is 3. The summed E-state index contributed by atoms with van der Waals surface area (Å²) in [5.41, 5.74) is 0. The fourth-order valence-electron chi connectivity index (χ4n) is 1.46. The van der Waals surface area contributed by atoms with E-state index in [4.69, 9.17) is 4.74 Å². The summed E-state index contributed by atoms with van der Waals surface area (Å²) < 4.78 is 5.53. The van der Waals surface area contributed by atoms with Crippen molar-refractivity contribution in [2.24, 2.45) is 0 Å². The third kappa shape index (κ3) is 13.9. The van der Waals surface area contributed by atoms with Gasteiger partial charge in [0.1, 0.15) is 0 Å². The van der Waals surface area contributed by atoms with E-state index in [0.29, 0.717) is 0 Å². The van der Waals surface area contributed by atoms with Crippen LogP contribution in [0, 0.1) is 0 Å². The number of nitrogens with one attached hydrogen (secondary N) is 1. The van der Waals surface area contributed by atoms with Crippen LogP contribution < -0.4 is 5.32 Å². The average molecular weight is 230 g/mol. The third-order valence-corrected chi connectivity index (χ3v) is 2.50. The van der Waals surface area contributed by atoms with Gasteiger partial charge in [0.25, 0.3) is 0 Å². The molecular weight excluding hydrogens is 200 g/mol. The first-order valence-electron chi connectivity index (χ1n) is 6.70. The van der Waals surface area contributed by atoms with Gasteiger partial charge in [0.05, 0.1) is 6.61 Å². The standard InChI is InChI=1S/C13H30N2O/c1-4-9-14-10-7-5-6-8-12-16-13-11-15(2)3/h14H,4-13H2,1-3H3. The average Bonchev–Trinajstić information content (AvgIpc) is 2.25. The molecule has 0 aliphatic heterocycles. The fourth-order valence-corrected chi connectivity index (χ4v) is 1.46. The van der Waals surface area contributed by atoms with E-state index in [1.54, 1.807) is 0 Å². The van der Waals surface area contributed by atoms with Gasteiger partial charge in [-0.05, 0) is 46.4 Å². The van der Waals surface area contributed by atoms with Gasteiger partial charge in [-0.15, -0.1) is 0 Å². The molecule has 0 saturated heterocycles. The quantitative estimate of drug-likeness (QED) is 0.520. The molecule has 0 unspecified atom stereocenters. The minimum absolute atomic E-state index is 0.866. The Balaban J connectivity index is 2.88. The predicted molar refractivity (Wildman–Crippen MR) is 71.0 cm³/mol. The van der Waals surface area contributed by atoms with Gasteiger partial charge in [0, 0.05) is 13.2 Å². The maximum atomic E-state index is 5.53. The van der Waals surface area contributed by atoms with Gasteiger partial charge in [0.2, 0.25) is 0 Å². The molecule has 0 amide bonds. The SMILES string of the molecule is CCCNCCCCCCOCCN(C)C. The molecular formula is C13H30N2O. The molecule has 0 aromatic rings. The normalized spacial score (nSPS) is 11.2. The summed E-state index contributed by atoms with van der Waals surface area (Å²) in [6, 6.07) is 0. The van der Waals surface area contributed by atoms with Crippen LogP contribution in [0.1, 0.15) is 39.0 Å². The highest BCUT2D eigenvalue weighted by molar-refractivity contribution is 4.48. The Kier molecular flexibility index (Phi) is 12.9. The molecule has 0 aromatic carbocycles. The monoisotopic (exact) mass is 230 g/mol. The second-order valence-electron chi connectivity index (χ2n) is 4.58. The molecule has 0 rings (SSSR count). The molecule has 0 heterocycles. The maximum absolute atomic E-state index is 5.53. The van der Waals surface area contributed by atoms with Crippen molar-refractivity contribution in [1.29, 1.82) is 0 Å². The molecule has 0 spiro atoms. The van der Waals surface area contributed by atoms with Crippen molar-refractivity contribution in [2.45, 2.75) is 39.0 Å². The Morgan fingerprint density at radius 2 is 1.69 bits per heavy atom. The van der Waals surface area contributed by atoms with E-state index in [2.05, 4.69) is 31.2 Å². The van der Waals surface area contributed by atoms with Crippen LogP contribution in [-0.2, 0) is 4.74 Å². The van der Waals surface area contributed by atoms with Crippen molar-refractivity contribution < 1.29 is 4.74 Å². The van der Waals surface area contributed by atoms with Crippen molar-refractivity contribution in [3.63, 3.8) is 0 Å². The highest BCUT2D eigenvalue weighted by Crippen LogP contribution is 1.99. The smallest absolute Gasteiger partial charge is 0.0593 e. The first kappa shape index (κ1) is 15.9. The summed E-state index contributed by atoms with van der Waals surface area (Å²) in [6.45, 7) is 7.36. The summed E-state index contributed by atoms with van der Waals surface area (Å²) in [7, 11) is 4.15. The lowest BCUT2D eigenvalue weighted by Gasteiger charge is -2.09. The van der Waals surface area contributed by atoms with Gasteiger partial charge in [-0.25, -0.2) is 0 Å². The van der Waals surface area contributed by atoms with Crippen molar-refractivity contribution in [1.82, 2.24) is 10.2 Å². The molecule has 0 aliphatic rings. The zero-order valence-corrected chi connectivity index (χ0v) is 11.4. The molecule has 0 fully saturated rings. The van der Waals surface area contributed by atoms with Crippen LogP contribution in [-0.4, -0.2) is 51.8 Å². The van der Waals surface area contributed by atoms with Crippen LogP contribution in [0.5, 0.6) is 0 Å². The van der Waals surface area contributed by atoms with Crippen LogP contribution in [0.2, 0.25) is 0 Å². The van der Waals surface area contributed by atoms with Gasteiger partial charge in [-0.3, -0.25) is 0 Å². The maximum Gasteiger partial charge on any atom is 0.0593 e. The van der Waals surface area contributed by atoms with Crippen molar-refractivity contribution in [2.75, 3.05) is 46.9 Å². The largest absolute Gasteiger partial charge is 0.380 e. The molecule has 98 valence electrons. The van der Waals surface area contributed by atoms with E-state index < -0.39 is 0 Å². The molecule has 0 aliphatic carbocycles. The zero-order valence-electron chi connectivity index (χ0n) is 11.4. The van der Waals surface area contributed by atoms with Crippen LogP contribution in [0.4, 0.5) is 0 Å². The first-order valence-corrected chi connectivity index (χ1v) is 6.70. The summed E-state index contributed by atoms with van der Waals surface area (Å²) >= 11 is 0. The second kappa shape index (κ2) is 12.9. The minimum atomic E-state index is 0.866. The van der Waals surface area contributed by atoms with E-state index in [0.717, 1.165) is 26.3 Å². The van der Waals surface area contributed by atoms with Crippen LogP contribution in [0.15, 0.2) is 0 Å². The van der Waals surface area contributed by atoms with E-state index in [1.165, 1.54) is 38.6 Å². The first-order chi connectivity index (χ1) is 7.77. The Labute approximate surface area is 102 Å². The Morgan fingerprint density at radius 1 is 0.938 bits per heavy atom. The predicted octanol–water partition coefficient (Wildman–Crippen LogP) is 2.12.